The van der Waals surface area contributed by atoms with E-state index in [0.717, 1.165) is 32.1 Å². The second kappa shape index (κ2) is 12.4. The second-order valence-corrected chi connectivity index (χ2v) is 9.94. The molecule has 0 heterocycles. The van der Waals surface area contributed by atoms with Crippen molar-refractivity contribution in [2.75, 3.05) is 7.11 Å². The van der Waals surface area contributed by atoms with Crippen LogP contribution in [0.2, 0.25) is 0 Å². The minimum Gasteiger partial charge on any atom is -0.494 e. The SMILES string of the molecule is CCCCCc1ccc(-c2ccc(/C=C/C3CCC(c4ccc(OC)c(F)c4F)CC3)c(F)c2F)cc1. The van der Waals surface area contributed by atoms with Gasteiger partial charge in [-0.25, -0.2) is 13.2 Å². The molecule has 0 aliphatic heterocycles. The molecular weight excluding hydrogens is 476 g/mol. The minimum atomic E-state index is -0.953. The molecule has 3 aromatic carbocycles. The number of benzene rings is 3. The van der Waals surface area contributed by atoms with Crippen LogP contribution in [0.15, 0.2) is 54.6 Å². The van der Waals surface area contributed by atoms with E-state index in [0.29, 0.717) is 24.0 Å². The molecule has 196 valence electrons. The zero-order valence-corrected chi connectivity index (χ0v) is 21.5. The lowest BCUT2D eigenvalue weighted by Gasteiger charge is -2.27. The van der Waals surface area contributed by atoms with Gasteiger partial charge in [-0.2, -0.15) is 4.39 Å². The molecule has 0 unspecified atom stereocenters. The number of ether oxygens (including phenoxy) is 1. The summed E-state index contributed by atoms with van der Waals surface area (Å²) in [4.78, 5) is 0. The van der Waals surface area contributed by atoms with Crippen LogP contribution >= 0.6 is 0 Å². The summed E-state index contributed by atoms with van der Waals surface area (Å²) in [5.74, 6) is -3.50. The van der Waals surface area contributed by atoms with E-state index in [2.05, 4.69) is 6.92 Å². The number of rotatable bonds is 9. The third kappa shape index (κ3) is 6.26. The molecule has 5 heteroatoms. The standard InChI is InChI=1S/C32H34F4O/c1-3-4-5-6-21-7-12-23(13-8-21)26-18-17-25(29(33)30(26)34)16-11-22-9-14-24(15-10-22)27-19-20-28(37-2)32(36)31(27)35/h7-8,11-13,16-20,22,24H,3-6,9-10,14-15H2,1-2H3/b16-11+. The molecule has 0 bridgehead atoms. The van der Waals surface area contributed by atoms with E-state index in [-0.39, 0.29) is 28.7 Å². The van der Waals surface area contributed by atoms with Gasteiger partial charge in [0.15, 0.2) is 23.2 Å². The van der Waals surface area contributed by atoms with Crippen molar-refractivity contribution in [3.8, 4) is 16.9 Å². The molecule has 0 spiro atoms. The summed E-state index contributed by atoms with van der Waals surface area (Å²) in [6, 6.07) is 14.0. The topological polar surface area (TPSA) is 9.23 Å². The van der Waals surface area contributed by atoms with E-state index in [9.17, 15) is 17.6 Å². The lowest BCUT2D eigenvalue weighted by Crippen LogP contribution is -2.13. The molecule has 1 saturated carbocycles. The smallest absolute Gasteiger partial charge is 0.200 e. The first kappa shape index (κ1) is 27.0. The number of hydrogen-bond acceptors (Lipinski definition) is 1. The van der Waals surface area contributed by atoms with Crippen molar-refractivity contribution in [2.24, 2.45) is 5.92 Å². The molecule has 1 aliphatic rings. The second-order valence-electron chi connectivity index (χ2n) is 9.94. The Balaban J connectivity index is 1.39. The minimum absolute atomic E-state index is 0.0726. The predicted molar refractivity (Wildman–Crippen MR) is 142 cm³/mol. The molecule has 3 aromatic rings. The van der Waals surface area contributed by atoms with E-state index in [4.69, 9.17) is 4.74 Å². The Morgan fingerprint density at radius 3 is 2.19 bits per heavy atom. The number of hydrogen-bond donors (Lipinski definition) is 0. The Morgan fingerprint density at radius 2 is 1.51 bits per heavy atom. The average molecular weight is 511 g/mol. The van der Waals surface area contributed by atoms with E-state index in [1.807, 2.05) is 30.3 Å². The molecule has 0 amide bonds. The highest BCUT2D eigenvalue weighted by Crippen LogP contribution is 2.39. The first-order valence-corrected chi connectivity index (χ1v) is 13.2. The Bertz CT molecular complexity index is 1220. The van der Waals surface area contributed by atoms with Crippen LogP contribution in [0.5, 0.6) is 5.75 Å². The highest BCUT2D eigenvalue weighted by atomic mass is 19.2. The lowest BCUT2D eigenvalue weighted by atomic mass is 9.78. The first-order valence-electron chi connectivity index (χ1n) is 13.2. The zero-order chi connectivity index (χ0) is 26.4. The quantitative estimate of drug-likeness (QED) is 0.206. The van der Waals surface area contributed by atoms with Crippen molar-refractivity contribution in [1.82, 2.24) is 0 Å². The summed E-state index contributed by atoms with van der Waals surface area (Å²) in [5.41, 5.74) is 2.70. The maximum atomic E-state index is 14.9. The van der Waals surface area contributed by atoms with E-state index >= 15 is 0 Å². The summed E-state index contributed by atoms with van der Waals surface area (Å²) in [6.07, 6.45) is 10.9. The zero-order valence-electron chi connectivity index (χ0n) is 21.5. The fourth-order valence-electron chi connectivity index (χ4n) is 5.23. The summed E-state index contributed by atoms with van der Waals surface area (Å²) in [6.45, 7) is 2.17. The number of aryl methyl sites for hydroxylation is 1. The van der Waals surface area contributed by atoms with Crippen molar-refractivity contribution in [2.45, 2.75) is 64.2 Å². The van der Waals surface area contributed by atoms with E-state index in [1.165, 1.54) is 25.2 Å². The predicted octanol–water partition coefficient (Wildman–Crippen LogP) is 9.64. The van der Waals surface area contributed by atoms with Crippen LogP contribution in [0, 0.1) is 29.2 Å². The van der Waals surface area contributed by atoms with Crippen molar-refractivity contribution < 1.29 is 22.3 Å². The van der Waals surface area contributed by atoms with Gasteiger partial charge < -0.3 is 4.74 Å². The largest absolute Gasteiger partial charge is 0.494 e. The Labute approximate surface area is 217 Å². The van der Waals surface area contributed by atoms with Gasteiger partial charge in [0.1, 0.15) is 0 Å². The number of halogens is 4. The molecule has 0 atom stereocenters. The maximum Gasteiger partial charge on any atom is 0.200 e. The van der Waals surface area contributed by atoms with Crippen LogP contribution in [0.4, 0.5) is 17.6 Å². The van der Waals surface area contributed by atoms with Crippen LogP contribution in [-0.4, -0.2) is 7.11 Å². The molecule has 4 rings (SSSR count). The molecular formula is C32H34F4O. The van der Waals surface area contributed by atoms with E-state index in [1.54, 1.807) is 24.3 Å². The van der Waals surface area contributed by atoms with E-state index < -0.39 is 23.3 Å². The average Bonchev–Trinajstić information content (AvgIpc) is 2.92. The number of methoxy groups -OCH3 is 1. The van der Waals surface area contributed by atoms with Crippen molar-refractivity contribution in [3.63, 3.8) is 0 Å². The normalized spacial score (nSPS) is 17.9. The third-order valence-electron chi connectivity index (χ3n) is 7.50. The molecule has 0 radical (unpaired) electrons. The molecule has 0 N–H and O–H groups in total. The highest BCUT2D eigenvalue weighted by Gasteiger charge is 2.26. The molecule has 0 saturated heterocycles. The summed E-state index contributed by atoms with van der Waals surface area (Å²) in [7, 11) is 1.31. The Kier molecular flexibility index (Phi) is 9.07. The molecule has 0 aromatic heterocycles. The van der Waals surface area contributed by atoms with Crippen molar-refractivity contribution in [1.29, 1.82) is 0 Å². The molecule has 37 heavy (non-hydrogen) atoms. The van der Waals surface area contributed by atoms with Gasteiger partial charge in [0.2, 0.25) is 5.82 Å². The van der Waals surface area contributed by atoms with Crippen LogP contribution in [-0.2, 0) is 6.42 Å². The molecule has 1 nitrogen and oxygen atoms in total. The van der Waals surface area contributed by atoms with Gasteiger partial charge >= 0.3 is 0 Å². The fraction of sp³-hybridized carbons (Fsp3) is 0.375. The lowest BCUT2D eigenvalue weighted by molar-refractivity contribution is 0.350. The Morgan fingerprint density at radius 1 is 0.784 bits per heavy atom. The van der Waals surface area contributed by atoms with Gasteiger partial charge in [0.05, 0.1) is 7.11 Å². The third-order valence-corrected chi connectivity index (χ3v) is 7.50. The van der Waals surface area contributed by atoms with Gasteiger partial charge in [-0.15, -0.1) is 0 Å². The van der Waals surface area contributed by atoms with Gasteiger partial charge in [0.25, 0.3) is 0 Å². The van der Waals surface area contributed by atoms with Crippen molar-refractivity contribution in [3.05, 3.63) is 94.6 Å². The molecule has 1 fully saturated rings. The van der Waals surface area contributed by atoms with Gasteiger partial charge in [0, 0.05) is 11.1 Å². The fourth-order valence-corrected chi connectivity index (χ4v) is 5.23. The summed E-state index contributed by atoms with van der Waals surface area (Å²) >= 11 is 0. The highest BCUT2D eigenvalue weighted by molar-refractivity contribution is 5.67. The number of allylic oxidation sites excluding steroid dienone is 1. The molecule has 1 aliphatic carbocycles. The summed E-state index contributed by atoms with van der Waals surface area (Å²) in [5, 5.41) is 0. The summed E-state index contributed by atoms with van der Waals surface area (Å²) < 4.78 is 63.3. The van der Waals surface area contributed by atoms with Crippen LogP contribution in [0.1, 0.15) is 74.5 Å². The van der Waals surface area contributed by atoms with Crippen molar-refractivity contribution >= 4 is 6.08 Å². The van der Waals surface area contributed by atoms with Gasteiger partial charge in [-0.05, 0) is 73.1 Å². The monoisotopic (exact) mass is 510 g/mol. The van der Waals surface area contributed by atoms with Crippen LogP contribution in [0.3, 0.4) is 0 Å². The number of unbranched alkanes of at least 4 members (excludes halogenated alkanes) is 2. The van der Waals surface area contributed by atoms with Crippen LogP contribution in [0.25, 0.3) is 17.2 Å². The Hall–Kier alpha value is -3.08. The maximum absolute atomic E-state index is 14.9. The van der Waals surface area contributed by atoms with Gasteiger partial charge in [-0.1, -0.05) is 74.4 Å². The first-order chi connectivity index (χ1) is 17.9. The van der Waals surface area contributed by atoms with Gasteiger partial charge in [-0.3, -0.25) is 0 Å². The van der Waals surface area contributed by atoms with Crippen LogP contribution < -0.4 is 4.74 Å².